The lowest BCUT2D eigenvalue weighted by atomic mass is 9.96. The molecule has 92 valence electrons. The molecule has 0 amide bonds. The van der Waals surface area contributed by atoms with Crippen molar-refractivity contribution in [1.29, 1.82) is 5.26 Å². The zero-order valence-corrected chi connectivity index (χ0v) is 10.2. The molecular weight excluding hydrogens is 226 g/mol. The number of hydrogen-bond donors (Lipinski definition) is 2. The number of hydrogen-bond acceptors (Lipinski definition) is 4. The van der Waals surface area contributed by atoms with Gasteiger partial charge in [0.15, 0.2) is 5.66 Å². The van der Waals surface area contributed by atoms with Crippen LogP contribution in [-0.4, -0.2) is 11.4 Å². The molecule has 0 fully saturated rings. The molecule has 2 rings (SSSR count). The molecule has 18 heavy (non-hydrogen) atoms. The molecule has 4 nitrogen and oxygen atoms in total. The van der Waals surface area contributed by atoms with Gasteiger partial charge in [0.1, 0.15) is 0 Å². The van der Waals surface area contributed by atoms with Gasteiger partial charge in [-0.25, -0.2) is 0 Å². The number of nitrogens with two attached hydrogens (primary N) is 1. The first-order valence-corrected chi connectivity index (χ1v) is 5.90. The summed E-state index contributed by atoms with van der Waals surface area (Å²) in [6.45, 7) is 2.01. The van der Waals surface area contributed by atoms with Crippen LogP contribution in [-0.2, 0) is 0 Å². The van der Waals surface area contributed by atoms with Gasteiger partial charge in [-0.15, -0.1) is 0 Å². The molecular formula is C14H15N3O. The molecule has 3 N–H and O–H groups in total. The minimum atomic E-state index is -1.07. The van der Waals surface area contributed by atoms with Crippen LogP contribution in [0.15, 0.2) is 36.0 Å². The fourth-order valence-corrected chi connectivity index (χ4v) is 2.04. The van der Waals surface area contributed by atoms with E-state index in [4.69, 9.17) is 11.0 Å². The van der Waals surface area contributed by atoms with Gasteiger partial charge in [0.05, 0.1) is 11.6 Å². The maximum atomic E-state index is 12.4. The maximum Gasteiger partial charge on any atom is 0.203 e. The molecule has 1 aromatic carbocycles. The van der Waals surface area contributed by atoms with Gasteiger partial charge in [-0.1, -0.05) is 25.1 Å². The van der Waals surface area contributed by atoms with E-state index < -0.39 is 5.66 Å². The van der Waals surface area contributed by atoms with Crippen LogP contribution in [0.4, 0.5) is 0 Å². The van der Waals surface area contributed by atoms with Gasteiger partial charge < -0.3 is 11.1 Å². The first-order chi connectivity index (χ1) is 8.59. The minimum absolute atomic E-state index is 0.181. The van der Waals surface area contributed by atoms with Gasteiger partial charge in [-0.3, -0.25) is 4.79 Å². The van der Waals surface area contributed by atoms with Crippen LogP contribution in [0, 0.1) is 11.3 Å². The predicted octanol–water partition coefficient (Wildman–Crippen LogP) is 1.68. The molecule has 1 aliphatic rings. The number of nitriles is 1. The SMILES string of the molecule is CCC1=CCC(N)(C(=O)c2cccc(C#N)c2)N1. The first kappa shape index (κ1) is 12.3. The highest BCUT2D eigenvalue weighted by molar-refractivity contribution is 6.03. The second-order valence-electron chi connectivity index (χ2n) is 4.41. The lowest BCUT2D eigenvalue weighted by Gasteiger charge is -2.24. The molecule has 1 atom stereocenters. The molecule has 1 unspecified atom stereocenters. The number of benzene rings is 1. The summed E-state index contributed by atoms with van der Waals surface area (Å²) in [4.78, 5) is 12.4. The average Bonchev–Trinajstić information content (AvgIpc) is 2.81. The Bertz CT molecular complexity index is 556. The molecule has 0 aromatic heterocycles. The van der Waals surface area contributed by atoms with Crippen molar-refractivity contribution in [1.82, 2.24) is 5.32 Å². The van der Waals surface area contributed by atoms with Crippen LogP contribution in [0.25, 0.3) is 0 Å². The summed E-state index contributed by atoms with van der Waals surface area (Å²) >= 11 is 0. The van der Waals surface area contributed by atoms with E-state index >= 15 is 0 Å². The molecule has 0 saturated heterocycles. The van der Waals surface area contributed by atoms with Gasteiger partial charge in [0.2, 0.25) is 5.78 Å². The lowest BCUT2D eigenvalue weighted by molar-refractivity contribution is 0.0875. The van der Waals surface area contributed by atoms with Crippen molar-refractivity contribution in [3.8, 4) is 6.07 Å². The van der Waals surface area contributed by atoms with Gasteiger partial charge in [0.25, 0.3) is 0 Å². The zero-order valence-electron chi connectivity index (χ0n) is 10.2. The second-order valence-corrected chi connectivity index (χ2v) is 4.41. The highest BCUT2D eigenvalue weighted by Gasteiger charge is 2.37. The van der Waals surface area contributed by atoms with Crippen molar-refractivity contribution in [3.05, 3.63) is 47.2 Å². The Morgan fingerprint density at radius 2 is 2.39 bits per heavy atom. The van der Waals surface area contributed by atoms with Crippen molar-refractivity contribution in [3.63, 3.8) is 0 Å². The van der Waals surface area contributed by atoms with Crippen molar-refractivity contribution in [2.24, 2.45) is 5.73 Å². The molecule has 0 bridgehead atoms. The summed E-state index contributed by atoms with van der Waals surface area (Å²) in [5.74, 6) is -0.181. The number of allylic oxidation sites excluding steroid dienone is 1. The molecule has 0 radical (unpaired) electrons. The third kappa shape index (κ3) is 2.13. The summed E-state index contributed by atoms with van der Waals surface area (Å²) in [6, 6.07) is 8.63. The van der Waals surface area contributed by atoms with E-state index in [-0.39, 0.29) is 5.78 Å². The molecule has 0 aliphatic carbocycles. The molecule has 1 aromatic rings. The minimum Gasteiger partial charge on any atom is -0.364 e. The summed E-state index contributed by atoms with van der Waals surface area (Å²) in [6.07, 6.45) is 3.25. The summed E-state index contributed by atoms with van der Waals surface area (Å²) in [5.41, 5.74) is 6.95. The van der Waals surface area contributed by atoms with E-state index in [0.29, 0.717) is 17.5 Å². The van der Waals surface area contributed by atoms with Crippen LogP contribution < -0.4 is 11.1 Å². The Morgan fingerprint density at radius 1 is 1.61 bits per heavy atom. The van der Waals surface area contributed by atoms with Gasteiger partial charge >= 0.3 is 0 Å². The first-order valence-electron chi connectivity index (χ1n) is 5.90. The summed E-state index contributed by atoms with van der Waals surface area (Å²) in [7, 11) is 0. The number of nitrogens with zero attached hydrogens (tertiary/aromatic N) is 1. The third-order valence-electron chi connectivity index (χ3n) is 3.09. The van der Waals surface area contributed by atoms with Crippen LogP contribution >= 0.6 is 0 Å². The van der Waals surface area contributed by atoms with Gasteiger partial charge in [-0.2, -0.15) is 5.26 Å². The maximum absolute atomic E-state index is 12.4. The van der Waals surface area contributed by atoms with Crippen LogP contribution in [0.2, 0.25) is 0 Å². The molecule has 0 spiro atoms. The number of carbonyl (C=O) groups is 1. The van der Waals surface area contributed by atoms with E-state index in [1.54, 1.807) is 24.3 Å². The molecule has 1 aliphatic heterocycles. The monoisotopic (exact) mass is 241 g/mol. The fourth-order valence-electron chi connectivity index (χ4n) is 2.04. The summed E-state index contributed by atoms with van der Waals surface area (Å²) < 4.78 is 0. The van der Waals surface area contributed by atoms with Crippen molar-refractivity contribution in [2.75, 3.05) is 0 Å². The highest BCUT2D eigenvalue weighted by Crippen LogP contribution is 2.22. The third-order valence-corrected chi connectivity index (χ3v) is 3.09. The predicted molar refractivity (Wildman–Crippen MR) is 68.5 cm³/mol. The second kappa shape index (κ2) is 4.63. The Balaban J connectivity index is 2.25. The fraction of sp³-hybridized carbons (Fsp3) is 0.286. The van der Waals surface area contributed by atoms with Crippen LogP contribution in [0.5, 0.6) is 0 Å². The van der Waals surface area contributed by atoms with Crippen LogP contribution in [0.3, 0.4) is 0 Å². The Hall–Kier alpha value is -2.12. The number of nitrogens with one attached hydrogen (secondary N) is 1. The molecule has 1 heterocycles. The van der Waals surface area contributed by atoms with Gasteiger partial charge in [-0.05, 0) is 18.6 Å². The summed E-state index contributed by atoms with van der Waals surface area (Å²) in [5, 5.41) is 11.9. The van der Waals surface area contributed by atoms with E-state index in [1.165, 1.54) is 0 Å². The number of rotatable bonds is 3. The van der Waals surface area contributed by atoms with Crippen molar-refractivity contribution >= 4 is 5.78 Å². The smallest absolute Gasteiger partial charge is 0.203 e. The standard InChI is InChI=1S/C14H15N3O/c1-2-12-6-7-14(16,17-12)13(18)11-5-3-4-10(8-11)9-15/h3-6,8,17H,2,7,16H2,1H3. The van der Waals surface area contributed by atoms with Crippen molar-refractivity contribution in [2.45, 2.75) is 25.4 Å². The normalized spacial score (nSPS) is 21.9. The lowest BCUT2D eigenvalue weighted by Crippen LogP contribution is -2.56. The molecule has 4 heteroatoms. The molecule has 0 saturated carbocycles. The number of Topliss-reactive ketones (excluding diaryl/α,β-unsaturated/α-hetero) is 1. The Morgan fingerprint density at radius 3 is 3.00 bits per heavy atom. The van der Waals surface area contributed by atoms with E-state index in [1.807, 2.05) is 19.1 Å². The van der Waals surface area contributed by atoms with Crippen molar-refractivity contribution < 1.29 is 4.79 Å². The number of carbonyl (C=O) groups excluding carboxylic acids is 1. The van der Waals surface area contributed by atoms with Gasteiger partial charge in [0, 0.05) is 17.7 Å². The van der Waals surface area contributed by atoms with E-state index in [9.17, 15) is 4.79 Å². The Labute approximate surface area is 106 Å². The zero-order chi connectivity index (χ0) is 13.2. The quantitative estimate of drug-likeness (QED) is 0.789. The number of ketones is 1. The topological polar surface area (TPSA) is 78.9 Å². The van der Waals surface area contributed by atoms with Crippen LogP contribution in [0.1, 0.15) is 35.7 Å². The van der Waals surface area contributed by atoms with E-state index in [2.05, 4.69) is 5.32 Å². The largest absolute Gasteiger partial charge is 0.364 e. The highest BCUT2D eigenvalue weighted by atomic mass is 16.1. The Kier molecular flexibility index (Phi) is 3.17. The van der Waals surface area contributed by atoms with E-state index in [0.717, 1.165) is 12.1 Å². The average molecular weight is 241 g/mol.